The lowest BCUT2D eigenvalue weighted by Crippen LogP contribution is -2.24. The molecule has 208 valence electrons. The summed E-state index contributed by atoms with van der Waals surface area (Å²) in [4.78, 5) is 5.29. The van der Waals surface area contributed by atoms with Crippen LogP contribution >= 0.6 is 11.3 Å². The minimum absolute atomic E-state index is 0.212. The van der Waals surface area contributed by atoms with Gasteiger partial charge in [0, 0.05) is 47.9 Å². The van der Waals surface area contributed by atoms with Gasteiger partial charge >= 0.3 is 0 Å². The first-order valence-corrected chi connectivity index (χ1v) is 15.7. The molecule has 9 rings (SSSR count). The summed E-state index contributed by atoms with van der Waals surface area (Å²) in [6.07, 6.45) is 1.96. The maximum Gasteiger partial charge on any atom is 0.146 e. The molecular formula is C40H27N3S. The second-order valence-corrected chi connectivity index (χ2v) is 12.3. The van der Waals surface area contributed by atoms with Gasteiger partial charge in [0.2, 0.25) is 0 Å². The average Bonchev–Trinajstić information content (AvgIpc) is 3.63. The first kappa shape index (κ1) is 25.1. The van der Waals surface area contributed by atoms with E-state index in [0.717, 1.165) is 22.5 Å². The Labute approximate surface area is 259 Å². The number of aliphatic imine (C=N–C) groups is 1. The minimum Gasteiger partial charge on any atom is -0.359 e. The normalized spacial score (nSPS) is 15.0. The molecular weight excluding hydrogens is 555 g/mol. The number of hydrogen-bond acceptors (Lipinski definition) is 3. The minimum atomic E-state index is -0.212. The second kappa shape index (κ2) is 10.1. The maximum absolute atomic E-state index is 5.29. The smallest absolute Gasteiger partial charge is 0.146 e. The van der Waals surface area contributed by atoms with E-state index < -0.39 is 0 Å². The summed E-state index contributed by atoms with van der Waals surface area (Å²) in [5.74, 6) is 0. The summed E-state index contributed by atoms with van der Waals surface area (Å²) in [5, 5.41) is 8.88. The van der Waals surface area contributed by atoms with E-state index in [1.54, 1.807) is 0 Å². The number of hydrogen-bond donors (Lipinski definition) is 1. The SMILES string of the molecule is C1=C(c2ccccc2)NC(c2cccc3c2sc2cc4c5ccccc5n(-c5ccccc5)c4cc23)N=C1c1ccccc1. The zero-order chi connectivity index (χ0) is 29.0. The van der Waals surface area contributed by atoms with Crippen molar-refractivity contribution in [3.63, 3.8) is 0 Å². The number of rotatable bonds is 4. The zero-order valence-corrected chi connectivity index (χ0v) is 24.6. The first-order chi connectivity index (χ1) is 21.8. The van der Waals surface area contributed by atoms with Gasteiger partial charge in [-0.1, -0.05) is 115 Å². The van der Waals surface area contributed by atoms with Gasteiger partial charge in [0.25, 0.3) is 0 Å². The Morgan fingerprint density at radius 1 is 0.568 bits per heavy atom. The van der Waals surface area contributed by atoms with Crippen molar-refractivity contribution in [2.75, 3.05) is 0 Å². The fraction of sp³-hybridized carbons (Fsp3) is 0.0250. The van der Waals surface area contributed by atoms with E-state index in [4.69, 9.17) is 4.99 Å². The van der Waals surface area contributed by atoms with Crippen molar-refractivity contribution in [1.82, 2.24) is 9.88 Å². The maximum atomic E-state index is 5.29. The van der Waals surface area contributed by atoms with E-state index in [9.17, 15) is 0 Å². The highest BCUT2D eigenvalue weighted by atomic mass is 32.1. The molecule has 1 aliphatic rings. The summed E-state index contributed by atoms with van der Waals surface area (Å²) in [5.41, 5.74) is 9.16. The van der Waals surface area contributed by atoms with Gasteiger partial charge in [-0.2, -0.15) is 0 Å². The molecule has 0 spiro atoms. The van der Waals surface area contributed by atoms with Gasteiger partial charge in [-0.15, -0.1) is 11.3 Å². The molecule has 0 saturated heterocycles. The quantitative estimate of drug-likeness (QED) is 0.220. The van der Waals surface area contributed by atoms with Gasteiger partial charge in [-0.3, -0.25) is 4.99 Å². The average molecular weight is 582 g/mol. The van der Waals surface area contributed by atoms with E-state index in [1.165, 1.54) is 53.2 Å². The van der Waals surface area contributed by atoms with Crippen molar-refractivity contribution in [3.8, 4) is 5.69 Å². The Hall–Kier alpha value is -5.45. The summed E-state index contributed by atoms with van der Waals surface area (Å²) in [7, 11) is 0. The van der Waals surface area contributed by atoms with Crippen molar-refractivity contribution in [2.24, 2.45) is 4.99 Å². The number of nitrogens with one attached hydrogen (secondary N) is 1. The van der Waals surface area contributed by atoms with Gasteiger partial charge in [0.1, 0.15) is 6.17 Å². The number of benzene rings is 6. The lowest BCUT2D eigenvalue weighted by atomic mass is 10.0. The molecule has 1 atom stereocenters. The third-order valence-corrected chi connectivity index (χ3v) is 9.84. The van der Waals surface area contributed by atoms with Crippen LogP contribution in [0.15, 0.2) is 157 Å². The Morgan fingerprint density at radius 2 is 1.25 bits per heavy atom. The van der Waals surface area contributed by atoms with Crippen LogP contribution in [-0.4, -0.2) is 10.3 Å². The van der Waals surface area contributed by atoms with Crippen LogP contribution in [-0.2, 0) is 0 Å². The molecule has 0 bridgehead atoms. The molecule has 0 saturated carbocycles. The second-order valence-electron chi connectivity index (χ2n) is 11.2. The number of aromatic nitrogens is 1. The lowest BCUT2D eigenvalue weighted by Gasteiger charge is -2.25. The highest BCUT2D eigenvalue weighted by Crippen LogP contribution is 2.43. The molecule has 4 heteroatoms. The van der Waals surface area contributed by atoms with Crippen LogP contribution in [0.5, 0.6) is 0 Å². The van der Waals surface area contributed by atoms with Crippen LogP contribution in [0.3, 0.4) is 0 Å². The van der Waals surface area contributed by atoms with Crippen LogP contribution in [0.1, 0.15) is 22.9 Å². The number of para-hydroxylation sites is 2. The molecule has 1 unspecified atom stereocenters. The summed E-state index contributed by atoms with van der Waals surface area (Å²) >= 11 is 1.87. The van der Waals surface area contributed by atoms with Crippen LogP contribution in [0.2, 0.25) is 0 Å². The van der Waals surface area contributed by atoms with E-state index in [1.807, 2.05) is 11.3 Å². The molecule has 6 aromatic carbocycles. The van der Waals surface area contributed by atoms with Crippen molar-refractivity contribution in [3.05, 3.63) is 168 Å². The first-order valence-electron chi connectivity index (χ1n) is 14.9. The molecule has 3 heterocycles. The van der Waals surface area contributed by atoms with Crippen molar-refractivity contribution in [1.29, 1.82) is 0 Å². The van der Waals surface area contributed by atoms with E-state index in [2.05, 4.69) is 162 Å². The molecule has 44 heavy (non-hydrogen) atoms. The Bertz CT molecular complexity index is 2400. The third-order valence-electron chi connectivity index (χ3n) is 8.63. The summed E-state index contributed by atoms with van der Waals surface area (Å²) in [6.45, 7) is 0. The number of thiophene rings is 1. The molecule has 1 aliphatic heterocycles. The molecule has 1 N–H and O–H groups in total. The van der Waals surface area contributed by atoms with Crippen molar-refractivity contribution >= 4 is 64.7 Å². The van der Waals surface area contributed by atoms with Crippen LogP contribution < -0.4 is 5.32 Å². The Morgan fingerprint density at radius 3 is 2.05 bits per heavy atom. The molecule has 3 nitrogen and oxygen atoms in total. The van der Waals surface area contributed by atoms with Crippen LogP contribution in [0, 0.1) is 0 Å². The highest BCUT2D eigenvalue weighted by molar-refractivity contribution is 7.26. The van der Waals surface area contributed by atoms with Crippen molar-refractivity contribution < 1.29 is 0 Å². The fourth-order valence-electron chi connectivity index (χ4n) is 6.58. The summed E-state index contributed by atoms with van der Waals surface area (Å²) in [6, 6.07) is 51.9. The highest BCUT2D eigenvalue weighted by Gasteiger charge is 2.23. The lowest BCUT2D eigenvalue weighted by molar-refractivity contribution is 0.670. The number of fused-ring (bicyclic) bond motifs is 6. The van der Waals surface area contributed by atoms with E-state index >= 15 is 0 Å². The molecule has 0 radical (unpaired) electrons. The standard InChI is InChI=1S/C40H27N3S/c1-4-13-26(14-5-1)34-25-35(27-15-6-2-7-16-27)42-40(41-34)31-21-12-20-30-33-23-37-32(24-38(33)44-39(30)31)29-19-10-11-22-36(29)43(37)28-17-8-3-9-18-28/h1-25,40-41H. The topological polar surface area (TPSA) is 29.3 Å². The molecule has 0 fully saturated rings. The molecule has 0 aliphatic carbocycles. The molecule has 8 aromatic rings. The van der Waals surface area contributed by atoms with E-state index in [-0.39, 0.29) is 6.17 Å². The zero-order valence-electron chi connectivity index (χ0n) is 23.8. The predicted octanol–water partition coefficient (Wildman–Crippen LogP) is 10.3. The molecule has 0 amide bonds. The Kier molecular flexibility index (Phi) is 5.75. The van der Waals surface area contributed by atoms with Gasteiger partial charge in [0.05, 0.1) is 16.7 Å². The fourth-order valence-corrected chi connectivity index (χ4v) is 7.85. The number of nitrogens with zero attached hydrogens (tertiary/aromatic N) is 2. The van der Waals surface area contributed by atoms with Crippen molar-refractivity contribution in [2.45, 2.75) is 6.17 Å². The Balaban J connectivity index is 1.26. The monoisotopic (exact) mass is 581 g/mol. The van der Waals surface area contributed by atoms with Crippen LogP contribution in [0.4, 0.5) is 0 Å². The van der Waals surface area contributed by atoms with Gasteiger partial charge < -0.3 is 9.88 Å². The number of allylic oxidation sites excluding steroid dienone is 1. The van der Waals surface area contributed by atoms with Gasteiger partial charge in [-0.05, 0) is 47.5 Å². The van der Waals surface area contributed by atoms with E-state index in [0.29, 0.717) is 0 Å². The van der Waals surface area contributed by atoms with Gasteiger partial charge in [-0.25, -0.2) is 0 Å². The predicted molar refractivity (Wildman–Crippen MR) is 187 cm³/mol. The largest absolute Gasteiger partial charge is 0.359 e. The summed E-state index contributed by atoms with van der Waals surface area (Å²) < 4.78 is 4.96. The molecule has 2 aromatic heterocycles. The third kappa shape index (κ3) is 3.99. The van der Waals surface area contributed by atoms with Crippen LogP contribution in [0.25, 0.3) is 53.4 Å². The van der Waals surface area contributed by atoms with Gasteiger partial charge in [0.15, 0.2) is 0 Å².